The van der Waals surface area contributed by atoms with E-state index in [0.29, 0.717) is 12.6 Å². The Bertz CT molecular complexity index is 372. The molecule has 0 aromatic rings. The predicted octanol–water partition coefficient (Wildman–Crippen LogP) is 2.76. The molecule has 3 heteroatoms. The zero-order chi connectivity index (χ0) is 10.5. The Labute approximate surface area is 89.5 Å². The summed E-state index contributed by atoms with van der Waals surface area (Å²) in [5.41, 5.74) is 1.76. The van der Waals surface area contributed by atoms with Crippen LogP contribution in [0.25, 0.3) is 11.4 Å². The molecular formula is C12H14N2O. The largest absolute Gasteiger partial charge is 0.463 e. The molecule has 3 nitrogen and oxygen atoms in total. The Balaban J connectivity index is 2.14. The molecule has 1 aliphatic carbocycles. The Morgan fingerprint density at radius 3 is 2.33 bits per heavy atom. The topological polar surface area (TPSA) is 35.0 Å². The number of hydrogen-bond acceptors (Lipinski definition) is 3. The number of hydrogen-bond donors (Lipinski definition) is 0. The van der Waals surface area contributed by atoms with Crippen molar-refractivity contribution >= 4 is 0 Å². The van der Waals surface area contributed by atoms with Crippen LogP contribution in [0.2, 0.25) is 0 Å². The van der Waals surface area contributed by atoms with Crippen molar-refractivity contribution in [2.45, 2.75) is 19.8 Å². The van der Waals surface area contributed by atoms with Crippen LogP contribution in [0.15, 0.2) is 30.3 Å². The van der Waals surface area contributed by atoms with Gasteiger partial charge in [0.05, 0.1) is 18.0 Å². The summed E-state index contributed by atoms with van der Waals surface area (Å²) < 4.78 is 5.44. The normalized spacial score (nSPS) is 10.5. The first-order valence-electron chi connectivity index (χ1n) is 5.26. The van der Waals surface area contributed by atoms with Crippen LogP contribution < -0.4 is 4.74 Å². The predicted molar refractivity (Wildman–Crippen MR) is 59.1 cm³/mol. The zero-order valence-corrected chi connectivity index (χ0v) is 8.81. The summed E-state index contributed by atoms with van der Waals surface area (Å²) in [4.78, 5) is 8.58. The number of ether oxygens (including phenoxy) is 1. The molecule has 2 rings (SSSR count). The maximum Gasteiger partial charge on any atom is 0.317 e. The van der Waals surface area contributed by atoms with E-state index in [1.807, 2.05) is 30.3 Å². The zero-order valence-electron chi connectivity index (χ0n) is 8.81. The molecule has 1 aliphatic heterocycles. The van der Waals surface area contributed by atoms with Crippen molar-refractivity contribution < 1.29 is 4.74 Å². The number of fused-ring (bicyclic) bond motifs is 1. The molecule has 0 unspecified atom stereocenters. The van der Waals surface area contributed by atoms with E-state index in [4.69, 9.17) is 4.74 Å². The summed E-state index contributed by atoms with van der Waals surface area (Å²) in [6.45, 7) is 2.82. The fraction of sp³-hybridized carbons (Fsp3) is 0.333. The molecule has 2 aliphatic rings. The van der Waals surface area contributed by atoms with Gasteiger partial charge in [-0.3, -0.25) is 0 Å². The maximum atomic E-state index is 5.44. The van der Waals surface area contributed by atoms with Gasteiger partial charge in [-0.1, -0.05) is 31.5 Å². The Morgan fingerprint density at radius 1 is 1.07 bits per heavy atom. The van der Waals surface area contributed by atoms with Crippen molar-refractivity contribution in [2.75, 3.05) is 6.61 Å². The van der Waals surface area contributed by atoms with Crippen LogP contribution >= 0.6 is 0 Å². The van der Waals surface area contributed by atoms with Crippen molar-refractivity contribution in [1.29, 1.82) is 0 Å². The standard InChI is InChI=1S/C12H14N2O/c1-2-3-9-15-12-13-10-7-5-4-6-8-11(10)14-12/h4-8H,2-3,9H2,1H3. The van der Waals surface area contributed by atoms with Gasteiger partial charge < -0.3 is 4.74 Å². The van der Waals surface area contributed by atoms with Crippen molar-refractivity contribution in [3.63, 3.8) is 0 Å². The van der Waals surface area contributed by atoms with E-state index >= 15 is 0 Å². The van der Waals surface area contributed by atoms with Crippen LogP contribution in [0.1, 0.15) is 19.8 Å². The Kier molecular flexibility index (Phi) is 3.12. The number of rotatable bonds is 4. The second kappa shape index (κ2) is 4.73. The molecule has 0 N–H and O–H groups in total. The van der Waals surface area contributed by atoms with Gasteiger partial charge in [0, 0.05) is 0 Å². The van der Waals surface area contributed by atoms with Gasteiger partial charge in [0.1, 0.15) is 0 Å². The summed E-state index contributed by atoms with van der Waals surface area (Å²) in [6, 6.07) is 10.2. The highest BCUT2D eigenvalue weighted by Gasteiger charge is 2.08. The highest BCUT2D eigenvalue weighted by Crippen LogP contribution is 2.20. The third-order valence-electron chi connectivity index (χ3n) is 2.15. The van der Waals surface area contributed by atoms with Gasteiger partial charge >= 0.3 is 6.01 Å². The van der Waals surface area contributed by atoms with Crippen LogP contribution in [-0.4, -0.2) is 16.6 Å². The third kappa shape index (κ3) is 2.43. The molecule has 0 amide bonds. The van der Waals surface area contributed by atoms with E-state index in [1.54, 1.807) is 0 Å². The molecule has 0 aromatic carbocycles. The average molecular weight is 202 g/mol. The first-order chi connectivity index (χ1) is 7.40. The summed E-state index contributed by atoms with van der Waals surface area (Å²) in [5, 5.41) is 0. The summed E-state index contributed by atoms with van der Waals surface area (Å²) >= 11 is 0. The van der Waals surface area contributed by atoms with E-state index in [1.165, 1.54) is 0 Å². The van der Waals surface area contributed by atoms with Crippen molar-refractivity contribution in [3.8, 4) is 17.4 Å². The lowest BCUT2D eigenvalue weighted by Crippen LogP contribution is -1.97. The molecule has 0 aromatic heterocycles. The lowest BCUT2D eigenvalue weighted by molar-refractivity contribution is 0.289. The highest BCUT2D eigenvalue weighted by atomic mass is 16.5. The van der Waals surface area contributed by atoms with E-state index in [2.05, 4.69) is 16.9 Å². The third-order valence-corrected chi connectivity index (χ3v) is 2.15. The molecule has 1 heterocycles. The van der Waals surface area contributed by atoms with Crippen LogP contribution in [0.3, 0.4) is 0 Å². The van der Waals surface area contributed by atoms with E-state index in [0.717, 1.165) is 24.2 Å². The molecule has 0 radical (unpaired) electrons. The molecule has 0 bridgehead atoms. The smallest absolute Gasteiger partial charge is 0.317 e. The monoisotopic (exact) mass is 202 g/mol. The van der Waals surface area contributed by atoms with E-state index in [-0.39, 0.29) is 0 Å². The molecule has 0 atom stereocenters. The van der Waals surface area contributed by atoms with Crippen molar-refractivity contribution in [1.82, 2.24) is 9.97 Å². The lowest BCUT2D eigenvalue weighted by atomic mass is 10.3. The second-order valence-corrected chi connectivity index (χ2v) is 3.39. The summed E-state index contributed by atoms with van der Waals surface area (Å²) in [5.74, 6) is 0. The number of aromatic nitrogens is 2. The average Bonchev–Trinajstić information content (AvgIpc) is 2.49. The van der Waals surface area contributed by atoms with Gasteiger partial charge in [0.2, 0.25) is 0 Å². The molecule has 0 saturated heterocycles. The van der Waals surface area contributed by atoms with Gasteiger partial charge in [-0.05, 0) is 18.6 Å². The van der Waals surface area contributed by atoms with Crippen LogP contribution in [-0.2, 0) is 0 Å². The van der Waals surface area contributed by atoms with Crippen molar-refractivity contribution in [3.05, 3.63) is 30.3 Å². The first kappa shape index (κ1) is 9.90. The van der Waals surface area contributed by atoms with Crippen LogP contribution in [0.4, 0.5) is 0 Å². The minimum atomic E-state index is 0.490. The lowest BCUT2D eigenvalue weighted by Gasteiger charge is -1.97. The highest BCUT2D eigenvalue weighted by molar-refractivity contribution is 5.56. The first-order valence-corrected chi connectivity index (χ1v) is 5.26. The Hall–Kier alpha value is -1.64. The van der Waals surface area contributed by atoms with Gasteiger partial charge in [0.25, 0.3) is 0 Å². The molecular weight excluding hydrogens is 188 g/mol. The SMILES string of the molecule is CCCCOc1nc2cccccc-2n1. The fourth-order valence-corrected chi connectivity index (χ4v) is 1.32. The minimum absolute atomic E-state index is 0.490. The molecule has 78 valence electrons. The van der Waals surface area contributed by atoms with Gasteiger partial charge in [0.15, 0.2) is 0 Å². The quantitative estimate of drug-likeness (QED) is 0.715. The van der Waals surface area contributed by atoms with Gasteiger partial charge in [-0.15, -0.1) is 0 Å². The van der Waals surface area contributed by atoms with E-state index in [9.17, 15) is 0 Å². The van der Waals surface area contributed by atoms with E-state index < -0.39 is 0 Å². The van der Waals surface area contributed by atoms with Crippen molar-refractivity contribution in [2.24, 2.45) is 0 Å². The second-order valence-electron chi connectivity index (χ2n) is 3.39. The van der Waals surface area contributed by atoms with Crippen LogP contribution in [0.5, 0.6) is 6.01 Å². The van der Waals surface area contributed by atoms with Crippen LogP contribution in [0, 0.1) is 0 Å². The molecule has 0 fully saturated rings. The summed E-state index contributed by atoms with van der Waals surface area (Å²) in [7, 11) is 0. The van der Waals surface area contributed by atoms with Gasteiger partial charge in [-0.2, -0.15) is 9.97 Å². The maximum absolute atomic E-state index is 5.44. The fourth-order valence-electron chi connectivity index (χ4n) is 1.32. The number of nitrogens with zero attached hydrogens (tertiary/aromatic N) is 2. The number of imidazole rings is 1. The summed E-state index contributed by atoms with van der Waals surface area (Å²) in [6.07, 6.45) is 2.16. The molecule has 0 spiro atoms. The molecule has 15 heavy (non-hydrogen) atoms. The minimum Gasteiger partial charge on any atom is -0.463 e. The molecule has 0 saturated carbocycles. The number of unbranched alkanes of at least 4 members (excludes halogenated alkanes) is 1. The Morgan fingerprint density at radius 2 is 1.73 bits per heavy atom. The van der Waals surface area contributed by atoms with Gasteiger partial charge in [-0.25, -0.2) is 0 Å².